The van der Waals surface area contributed by atoms with E-state index in [0.29, 0.717) is 25.1 Å². The first kappa shape index (κ1) is 21.6. The number of benzene rings is 2. The Morgan fingerprint density at radius 2 is 1.86 bits per heavy atom. The summed E-state index contributed by atoms with van der Waals surface area (Å²) in [5.74, 6) is -0.834. The number of carbonyl (C=O) groups excluding carboxylic acids is 2. The van der Waals surface area contributed by atoms with Gasteiger partial charge in [-0.15, -0.1) is 0 Å². The lowest BCUT2D eigenvalue weighted by atomic mass is 10.1. The highest BCUT2D eigenvalue weighted by molar-refractivity contribution is 5.88. The second-order valence-electron chi connectivity index (χ2n) is 6.99. The molecule has 150 valence electrons. The zero-order valence-electron chi connectivity index (χ0n) is 16.9. The summed E-state index contributed by atoms with van der Waals surface area (Å²) >= 11 is 0. The van der Waals surface area contributed by atoms with E-state index in [1.807, 2.05) is 45.0 Å². The van der Waals surface area contributed by atoms with E-state index >= 15 is 0 Å². The van der Waals surface area contributed by atoms with Gasteiger partial charge in [-0.2, -0.15) is 0 Å². The smallest absolute Gasteiger partial charge is 0.242 e. The SMILES string of the molecule is CCCNC(=O)[C@H](CC)N(Cc1cccc(C)c1)C(=O)Cc1ccccc1F. The van der Waals surface area contributed by atoms with Crippen molar-refractivity contribution in [2.24, 2.45) is 0 Å². The van der Waals surface area contributed by atoms with Crippen molar-refractivity contribution in [3.8, 4) is 0 Å². The lowest BCUT2D eigenvalue weighted by Gasteiger charge is -2.31. The summed E-state index contributed by atoms with van der Waals surface area (Å²) in [5, 5.41) is 2.88. The Kier molecular flexibility index (Phi) is 8.18. The summed E-state index contributed by atoms with van der Waals surface area (Å²) in [6.07, 6.45) is 1.24. The van der Waals surface area contributed by atoms with Crippen molar-refractivity contribution < 1.29 is 14.0 Å². The number of rotatable bonds is 9. The molecule has 0 heterocycles. The molecule has 2 rings (SSSR count). The van der Waals surface area contributed by atoms with Crippen molar-refractivity contribution in [2.45, 2.75) is 52.6 Å². The van der Waals surface area contributed by atoms with Crippen LogP contribution in [-0.4, -0.2) is 29.3 Å². The van der Waals surface area contributed by atoms with Gasteiger partial charge in [0, 0.05) is 13.1 Å². The normalized spacial score (nSPS) is 11.7. The van der Waals surface area contributed by atoms with E-state index in [1.165, 1.54) is 6.07 Å². The summed E-state index contributed by atoms with van der Waals surface area (Å²) < 4.78 is 14.1. The van der Waals surface area contributed by atoms with Crippen LogP contribution >= 0.6 is 0 Å². The molecule has 0 unspecified atom stereocenters. The lowest BCUT2D eigenvalue weighted by Crippen LogP contribution is -2.49. The molecule has 0 saturated heterocycles. The van der Waals surface area contributed by atoms with Crippen LogP contribution in [0, 0.1) is 12.7 Å². The molecule has 1 N–H and O–H groups in total. The standard InChI is InChI=1S/C23H29FN2O2/c1-4-13-25-23(28)21(5-2)26(16-18-10-8-9-17(3)14-18)22(27)15-19-11-6-7-12-20(19)24/h6-12,14,21H,4-5,13,15-16H2,1-3H3,(H,25,28)/t21-/m0/s1. The van der Waals surface area contributed by atoms with E-state index in [2.05, 4.69) is 5.32 Å². The van der Waals surface area contributed by atoms with E-state index in [0.717, 1.165) is 17.5 Å². The van der Waals surface area contributed by atoms with Gasteiger partial charge in [-0.1, -0.05) is 61.9 Å². The average molecular weight is 384 g/mol. The van der Waals surface area contributed by atoms with E-state index < -0.39 is 11.9 Å². The molecule has 0 bridgehead atoms. The molecule has 2 amide bonds. The minimum absolute atomic E-state index is 0.0734. The average Bonchev–Trinajstić information content (AvgIpc) is 2.68. The number of aryl methyl sites for hydroxylation is 1. The number of hydrogen-bond donors (Lipinski definition) is 1. The first-order valence-electron chi connectivity index (χ1n) is 9.82. The Labute approximate surface area is 166 Å². The molecule has 0 aliphatic heterocycles. The van der Waals surface area contributed by atoms with Gasteiger partial charge in [0.2, 0.25) is 11.8 Å². The van der Waals surface area contributed by atoms with Gasteiger partial charge >= 0.3 is 0 Å². The summed E-state index contributed by atoms with van der Waals surface area (Å²) in [4.78, 5) is 27.4. The number of hydrogen-bond acceptors (Lipinski definition) is 2. The number of carbonyl (C=O) groups is 2. The maximum atomic E-state index is 14.1. The van der Waals surface area contributed by atoms with Crippen molar-refractivity contribution in [1.29, 1.82) is 0 Å². The third kappa shape index (κ3) is 5.91. The fraction of sp³-hybridized carbons (Fsp3) is 0.391. The van der Waals surface area contributed by atoms with Crippen LogP contribution < -0.4 is 5.32 Å². The monoisotopic (exact) mass is 384 g/mol. The maximum absolute atomic E-state index is 14.1. The van der Waals surface area contributed by atoms with Crippen LogP contribution in [0.2, 0.25) is 0 Å². The maximum Gasteiger partial charge on any atom is 0.242 e. The first-order valence-corrected chi connectivity index (χ1v) is 9.82. The Balaban J connectivity index is 2.29. The Morgan fingerprint density at radius 3 is 2.50 bits per heavy atom. The highest BCUT2D eigenvalue weighted by Gasteiger charge is 2.28. The molecule has 0 radical (unpaired) electrons. The molecular weight excluding hydrogens is 355 g/mol. The minimum atomic E-state index is -0.591. The van der Waals surface area contributed by atoms with Crippen molar-refractivity contribution >= 4 is 11.8 Å². The predicted molar refractivity (Wildman–Crippen MR) is 109 cm³/mol. The van der Waals surface area contributed by atoms with E-state index in [9.17, 15) is 14.0 Å². The zero-order chi connectivity index (χ0) is 20.5. The molecule has 0 spiro atoms. The van der Waals surface area contributed by atoms with Gasteiger partial charge in [0.1, 0.15) is 11.9 Å². The lowest BCUT2D eigenvalue weighted by molar-refractivity contribution is -0.141. The quantitative estimate of drug-likeness (QED) is 0.710. The van der Waals surface area contributed by atoms with Crippen LogP contribution in [0.4, 0.5) is 4.39 Å². The van der Waals surface area contributed by atoms with Gasteiger partial charge in [-0.3, -0.25) is 9.59 Å². The summed E-state index contributed by atoms with van der Waals surface area (Å²) in [6.45, 7) is 6.73. The molecule has 28 heavy (non-hydrogen) atoms. The Morgan fingerprint density at radius 1 is 1.11 bits per heavy atom. The van der Waals surface area contributed by atoms with Crippen molar-refractivity contribution in [2.75, 3.05) is 6.54 Å². The van der Waals surface area contributed by atoms with E-state index in [4.69, 9.17) is 0 Å². The fourth-order valence-corrected chi connectivity index (χ4v) is 3.20. The summed E-state index contributed by atoms with van der Waals surface area (Å²) in [6, 6.07) is 13.5. The van der Waals surface area contributed by atoms with Gasteiger partial charge in [0.05, 0.1) is 6.42 Å². The highest BCUT2D eigenvalue weighted by Crippen LogP contribution is 2.16. The molecule has 4 nitrogen and oxygen atoms in total. The molecule has 0 saturated carbocycles. The second kappa shape index (κ2) is 10.6. The number of amides is 2. The van der Waals surface area contributed by atoms with Crippen LogP contribution in [0.15, 0.2) is 48.5 Å². The predicted octanol–water partition coefficient (Wildman–Crippen LogP) is 4.01. The fourth-order valence-electron chi connectivity index (χ4n) is 3.20. The highest BCUT2D eigenvalue weighted by atomic mass is 19.1. The van der Waals surface area contributed by atoms with Gasteiger partial charge in [0.25, 0.3) is 0 Å². The van der Waals surface area contributed by atoms with Crippen LogP contribution in [0.1, 0.15) is 43.4 Å². The summed E-state index contributed by atoms with van der Waals surface area (Å²) in [7, 11) is 0. The van der Waals surface area contributed by atoms with Crippen molar-refractivity contribution in [1.82, 2.24) is 10.2 Å². The number of nitrogens with zero attached hydrogens (tertiary/aromatic N) is 1. The van der Waals surface area contributed by atoms with Gasteiger partial charge < -0.3 is 10.2 Å². The molecule has 0 aromatic heterocycles. The van der Waals surface area contributed by atoms with Crippen molar-refractivity contribution in [3.05, 3.63) is 71.0 Å². The van der Waals surface area contributed by atoms with E-state index in [-0.39, 0.29) is 18.2 Å². The zero-order valence-corrected chi connectivity index (χ0v) is 16.9. The topological polar surface area (TPSA) is 49.4 Å². The second-order valence-corrected chi connectivity index (χ2v) is 6.99. The largest absolute Gasteiger partial charge is 0.354 e. The molecule has 0 aliphatic carbocycles. The molecule has 2 aromatic rings. The van der Waals surface area contributed by atoms with E-state index in [1.54, 1.807) is 23.1 Å². The van der Waals surface area contributed by atoms with Gasteiger partial charge in [0.15, 0.2) is 0 Å². The molecule has 2 aromatic carbocycles. The number of nitrogens with one attached hydrogen (secondary N) is 1. The van der Waals surface area contributed by atoms with Crippen LogP contribution in [0.3, 0.4) is 0 Å². The van der Waals surface area contributed by atoms with Gasteiger partial charge in [-0.25, -0.2) is 4.39 Å². The Hall–Kier alpha value is -2.69. The van der Waals surface area contributed by atoms with Crippen molar-refractivity contribution in [3.63, 3.8) is 0 Å². The van der Waals surface area contributed by atoms with Crippen LogP contribution in [-0.2, 0) is 22.6 Å². The molecule has 1 atom stereocenters. The van der Waals surface area contributed by atoms with Gasteiger partial charge in [-0.05, 0) is 37.0 Å². The molecule has 0 fully saturated rings. The molecule has 0 aliphatic rings. The van der Waals surface area contributed by atoms with Crippen LogP contribution in [0.25, 0.3) is 0 Å². The number of halogens is 1. The first-order chi connectivity index (χ1) is 13.5. The minimum Gasteiger partial charge on any atom is -0.354 e. The molecule has 5 heteroatoms. The Bertz CT molecular complexity index is 807. The third-order valence-electron chi connectivity index (χ3n) is 4.67. The summed E-state index contributed by atoms with van der Waals surface area (Å²) in [5.41, 5.74) is 2.37. The van der Waals surface area contributed by atoms with Crippen LogP contribution in [0.5, 0.6) is 0 Å². The third-order valence-corrected chi connectivity index (χ3v) is 4.67. The molecular formula is C23H29FN2O2.